The molecule has 0 fully saturated rings. The van der Waals surface area contributed by atoms with E-state index in [1.165, 1.54) is 23.8 Å². The Labute approximate surface area is 155 Å². The number of hydrogen-bond donors (Lipinski definition) is 1. The molecular formula is C20H17ClN2O3. The normalized spacial score (nSPS) is 10.4. The lowest BCUT2D eigenvalue weighted by Crippen LogP contribution is -2.22. The second-order valence-electron chi connectivity index (χ2n) is 5.66. The molecule has 1 aromatic heterocycles. The molecule has 0 atom stereocenters. The van der Waals surface area contributed by atoms with E-state index in [1.807, 2.05) is 18.2 Å². The number of anilines is 1. The van der Waals surface area contributed by atoms with Crippen molar-refractivity contribution in [3.8, 4) is 5.75 Å². The highest BCUT2D eigenvalue weighted by atomic mass is 35.5. The van der Waals surface area contributed by atoms with Crippen molar-refractivity contribution in [2.45, 2.75) is 6.54 Å². The Morgan fingerprint density at radius 3 is 2.54 bits per heavy atom. The molecule has 0 aliphatic rings. The van der Waals surface area contributed by atoms with Gasteiger partial charge in [0.05, 0.1) is 24.9 Å². The molecule has 0 spiro atoms. The van der Waals surface area contributed by atoms with Crippen molar-refractivity contribution in [2.24, 2.45) is 0 Å². The number of nitrogens with zero attached hydrogens (tertiary/aromatic N) is 1. The number of benzene rings is 2. The first-order chi connectivity index (χ1) is 12.6. The number of carbonyl (C=O) groups excluding carboxylic acids is 1. The maximum atomic E-state index is 12.5. The van der Waals surface area contributed by atoms with E-state index in [0.717, 1.165) is 5.56 Å². The van der Waals surface area contributed by atoms with E-state index in [9.17, 15) is 9.59 Å². The fourth-order valence-electron chi connectivity index (χ4n) is 2.52. The predicted molar refractivity (Wildman–Crippen MR) is 102 cm³/mol. The Hall–Kier alpha value is -3.05. The van der Waals surface area contributed by atoms with Gasteiger partial charge in [-0.1, -0.05) is 35.9 Å². The molecule has 6 heteroatoms. The molecular weight excluding hydrogens is 352 g/mol. The van der Waals surface area contributed by atoms with Crippen LogP contribution >= 0.6 is 11.6 Å². The fraction of sp³-hybridized carbons (Fsp3) is 0.100. The van der Waals surface area contributed by atoms with Crippen LogP contribution < -0.4 is 15.6 Å². The van der Waals surface area contributed by atoms with Gasteiger partial charge in [0.25, 0.3) is 11.5 Å². The summed E-state index contributed by atoms with van der Waals surface area (Å²) in [6, 6.07) is 17.2. The Kier molecular flexibility index (Phi) is 5.39. The molecule has 1 N–H and O–H groups in total. The van der Waals surface area contributed by atoms with Crippen LogP contribution in [0.15, 0.2) is 71.7 Å². The number of rotatable bonds is 5. The van der Waals surface area contributed by atoms with Crippen molar-refractivity contribution >= 4 is 23.2 Å². The van der Waals surface area contributed by atoms with Crippen LogP contribution in [-0.4, -0.2) is 17.6 Å². The molecule has 0 aliphatic carbocycles. The highest BCUT2D eigenvalue weighted by molar-refractivity contribution is 6.30. The zero-order valence-corrected chi connectivity index (χ0v) is 14.9. The van der Waals surface area contributed by atoms with Crippen molar-refractivity contribution in [3.63, 3.8) is 0 Å². The van der Waals surface area contributed by atoms with Crippen LogP contribution in [0.4, 0.5) is 5.69 Å². The number of pyridine rings is 1. The lowest BCUT2D eigenvalue weighted by molar-refractivity contribution is 0.102. The van der Waals surface area contributed by atoms with Gasteiger partial charge < -0.3 is 14.6 Å². The number of nitrogens with one attached hydrogen (secondary N) is 1. The number of halogens is 1. The molecule has 3 aromatic rings. The lowest BCUT2D eigenvalue weighted by Gasteiger charge is -2.11. The molecule has 3 rings (SSSR count). The SMILES string of the molecule is COc1ccccc1NC(=O)c1ccc(=O)n(Cc2ccc(Cl)cc2)c1. The number of amides is 1. The number of hydrogen-bond acceptors (Lipinski definition) is 3. The van der Waals surface area contributed by atoms with E-state index in [0.29, 0.717) is 28.6 Å². The number of carbonyl (C=O) groups is 1. The molecule has 5 nitrogen and oxygen atoms in total. The molecule has 132 valence electrons. The summed E-state index contributed by atoms with van der Waals surface area (Å²) in [6.07, 6.45) is 1.54. The molecule has 2 aromatic carbocycles. The van der Waals surface area contributed by atoms with Gasteiger partial charge in [-0.3, -0.25) is 9.59 Å². The summed E-state index contributed by atoms with van der Waals surface area (Å²) >= 11 is 5.88. The minimum Gasteiger partial charge on any atom is -0.495 e. The van der Waals surface area contributed by atoms with Gasteiger partial charge in [-0.2, -0.15) is 0 Å². The molecule has 0 unspecified atom stereocenters. The molecule has 26 heavy (non-hydrogen) atoms. The third kappa shape index (κ3) is 4.13. The summed E-state index contributed by atoms with van der Waals surface area (Å²) in [5.74, 6) is 0.245. The van der Waals surface area contributed by atoms with Crippen LogP contribution in [0.3, 0.4) is 0 Å². The van der Waals surface area contributed by atoms with E-state index in [2.05, 4.69) is 5.32 Å². The van der Waals surface area contributed by atoms with Gasteiger partial charge in [0.2, 0.25) is 0 Å². The molecule has 0 aliphatic heterocycles. The molecule has 1 amide bonds. The minimum absolute atomic E-state index is 0.186. The predicted octanol–water partition coefficient (Wildman–Crippen LogP) is 3.81. The van der Waals surface area contributed by atoms with Gasteiger partial charge in [-0.15, -0.1) is 0 Å². The van der Waals surface area contributed by atoms with E-state index in [1.54, 1.807) is 36.5 Å². The third-order valence-corrected chi connectivity index (χ3v) is 4.12. The quantitative estimate of drug-likeness (QED) is 0.745. The fourth-order valence-corrected chi connectivity index (χ4v) is 2.64. The molecule has 0 bridgehead atoms. The summed E-state index contributed by atoms with van der Waals surface area (Å²) in [6.45, 7) is 0.353. The topological polar surface area (TPSA) is 60.3 Å². The van der Waals surface area contributed by atoms with E-state index >= 15 is 0 Å². The van der Waals surface area contributed by atoms with Crippen molar-refractivity contribution in [1.29, 1.82) is 0 Å². The Morgan fingerprint density at radius 2 is 1.81 bits per heavy atom. The number of para-hydroxylation sites is 2. The largest absolute Gasteiger partial charge is 0.495 e. The van der Waals surface area contributed by atoms with E-state index < -0.39 is 0 Å². The van der Waals surface area contributed by atoms with Gasteiger partial charge in [-0.05, 0) is 35.9 Å². The van der Waals surface area contributed by atoms with E-state index in [-0.39, 0.29) is 11.5 Å². The number of ether oxygens (including phenoxy) is 1. The van der Waals surface area contributed by atoms with Gasteiger partial charge in [-0.25, -0.2) is 0 Å². The number of aromatic nitrogens is 1. The first-order valence-corrected chi connectivity index (χ1v) is 8.34. The third-order valence-electron chi connectivity index (χ3n) is 3.87. The molecule has 0 saturated heterocycles. The van der Waals surface area contributed by atoms with Crippen molar-refractivity contribution in [1.82, 2.24) is 4.57 Å². The van der Waals surface area contributed by atoms with Crippen molar-refractivity contribution in [2.75, 3.05) is 12.4 Å². The highest BCUT2D eigenvalue weighted by Gasteiger charge is 2.11. The van der Waals surface area contributed by atoms with Crippen LogP contribution in [-0.2, 0) is 6.54 Å². The second kappa shape index (κ2) is 7.89. The average Bonchev–Trinajstić information content (AvgIpc) is 2.65. The maximum Gasteiger partial charge on any atom is 0.257 e. The summed E-state index contributed by atoms with van der Waals surface area (Å²) in [7, 11) is 1.54. The molecule has 0 radical (unpaired) electrons. The van der Waals surface area contributed by atoms with Crippen LogP contribution in [0.25, 0.3) is 0 Å². The first-order valence-electron chi connectivity index (χ1n) is 7.96. The van der Waals surface area contributed by atoms with Crippen LogP contribution in [0, 0.1) is 0 Å². The van der Waals surface area contributed by atoms with Crippen LogP contribution in [0.1, 0.15) is 15.9 Å². The Balaban J connectivity index is 1.83. The monoisotopic (exact) mass is 368 g/mol. The van der Waals surface area contributed by atoms with Crippen molar-refractivity contribution in [3.05, 3.63) is 93.4 Å². The Morgan fingerprint density at radius 1 is 1.08 bits per heavy atom. The van der Waals surface area contributed by atoms with Gasteiger partial charge in [0, 0.05) is 17.3 Å². The Bertz CT molecular complexity index is 981. The van der Waals surface area contributed by atoms with E-state index in [4.69, 9.17) is 16.3 Å². The van der Waals surface area contributed by atoms with Crippen LogP contribution in [0.5, 0.6) is 5.75 Å². The standard InChI is InChI=1S/C20H17ClN2O3/c1-26-18-5-3-2-4-17(18)22-20(25)15-8-11-19(24)23(13-15)12-14-6-9-16(21)10-7-14/h2-11,13H,12H2,1H3,(H,22,25). The molecule has 1 heterocycles. The summed E-state index contributed by atoms with van der Waals surface area (Å²) in [5.41, 5.74) is 1.67. The molecule has 0 saturated carbocycles. The van der Waals surface area contributed by atoms with Crippen molar-refractivity contribution < 1.29 is 9.53 Å². The minimum atomic E-state index is -0.320. The number of methoxy groups -OCH3 is 1. The average molecular weight is 369 g/mol. The second-order valence-corrected chi connectivity index (χ2v) is 6.10. The van der Waals surface area contributed by atoms with Gasteiger partial charge in [0.15, 0.2) is 0 Å². The van der Waals surface area contributed by atoms with Crippen LogP contribution in [0.2, 0.25) is 5.02 Å². The summed E-state index contributed by atoms with van der Waals surface area (Å²) in [5, 5.41) is 3.43. The maximum absolute atomic E-state index is 12.5. The zero-order chi connectivity index (χ0) is 18.5. The van der Waals surface area contributed by atoms with Gasteiger partial charge >= 0.3 is 0 Å². The summed E-state index contributed by atoms with van der Waals surface area (Å²) < 4.78 is 6.72. The van der Waals surface area contributed by atoms with Gasteiger partial charge in [0.1, 0.15) is 5.75 Å². The smallest absolute Gasteiger partial charge is 0.257 e. The lowest BCUT2D eigenvalue weighted by atomic mass is 10.2. The highest BCUT2D eigenvalue weighted by Crippen LogP contribution is 2.23. The first kappa shape index (κ1) is 17.8. The summed E-state index contributed by atoms with van der Waals surface area (Å²) in [4.78, 5) is 24.7. The zero-order valence-electron chi connectivity index (χ0n) is 14.1.